The predicted octanol–water partition coefficient (Wildman–Crippen LogP) is 2.62. The highest BCUT2D eigenvalue weighted by molar-refractivity contribution is 8.01. The highest BCUT2D eigenvalue weighted by atomic mass is 32.2. The molecule has 1 atom stereocenters. The first-order valence-corrected chi connectivity index (χ1v) is 6.49. The maximum atomic E-state index is 4.24. The normalized spacial score (nSPS) is 13.1. The molecule has 0 saturated carbocycles. The lowest BCUT2D eigenvalue weighted by Gasteiger charge is -2.13. The van der Waals surface area contributed by atoms with E-state index in [1.54, 1.807) is 11.3 Å². The van der Waals surface area contributed by atoms with Crippen molar-refractivity contribution in [2.45, 2.75) is 30.6 Å². The standard InChI is InChI=1S/C9H16N2S2/c1-3-8(10-4-2)7-13-9-11-5-6-12-9/h5-6,8,10H,3-4,7H2,1-2H3. The van der Waals surface area contributed by atoms with E-state index in [1.807, 2.05) is 23.3 Å². The highest BCUT2D eigenvalue weighted by Crippen LogP contribution is 2.21. The van der Waals surface area contributed by atoms with Crippen LogP contribution >= 0.6 is 23.1 Å². The van der Waals surface area contributed by atoms with Gasteiger partial charge in [-0.05, 0) is 13.0 Å². The van der Waals surface area contributed by atoms with Crippen LogP contribution in [0.2, 0.25) is 0 Å². The molecule has 1 aromatic heterocycles. The quantitative estimate of drug-likeness (QED) is 0.740. The smallest absolute Gasteiger partial charge is 0.149 e. The Balaban J connectivity index is 2.23. The minimum absolute atomic E-state index is 0.624. The molecule has 0 amide bonds. The summed E-state index contributed by atoms with van der Waals surface area (Å²) in [6.07, 6.45) is 3.05. The van der Waals surface area contributed by atoms with Crippen molar-refractivity contribution < 1.29 is 0 Å². The van der Waals surface area contributed by atoms with Crippen molar-refractivity contribution in [1.82, 2.24) is 10.3 Å². The average Bonchev–Trinajstić information content (AvgIpc) is 2.64. The number of nitrogens with one attached hydrogen (secondary N) is 1. The van der Waals surface area contributed by atoms with Gasteiger partial charge in [-0.1, -0.05) is 25.6 Å². The lowest BCUT2D eigenvalue weighted by atomic mass is 10.2. The fraction of sp³-hybridized carbons (Fsp3) is 0.667. The van der Waals surface area contributed by atoms with Gasteiger partial charge in [-0.15, -0.1) is 11.3 Å². The molecule has 13 heavy (non-hydrogen) atoms. The van der Waals surface area contributed by atoms with Crippen LogP contribution in [0.3, 0.4) is 0 Å². The van der Waals surface area contributed by atoms with Gasteiger partial charge in [0.2, 0.25) is 0 Å². The zero-order valence-corrected chi connectivity index (χ0v) is 9.75. The van der Waals surface area contributed by atoms with Crippen LogP contribution in [0.5, 0.6) is 0 Å². The number of thioether (sulfide) groups is 1. The molecule has 0 aromatic carbocycles. The second-order valence-corrected chi connectivity index (χ2v) is 4.93. The molecule has 1 heterocycles. The van der Waals surface area contributed by atoms with E-state index in [-0.39, 0.29) is 0 Å². The molecule has 0 radical (unpaired) electrons. The van der Waals surface area contributed by atoms with Crippen LogP contribution in [0, 0.1) is 0 Å². The van der Waals surface area contributed by atoms with E-state index in [9.17, 15) is 0 Å². The van der Waals surface area contributed by atoms with Crippen LogP contribution in [0.1, 0.15) is 20.3 Å². The van der Waals surface area contributed by atoms with Crippen molar-refractivity contribution in [2.75, 3.05) is 12.3 Å². The fourth-order valence-corrected chi connectivity index (χ4v) is 2.90. The summed E-state index contributed by atoms with van der Waals surface area (Å²) in [5.74, 6) is 1.12. The topological polar surface area (TPSA) is 24.9 Å². The SMILES string of the molecule is CCNC(CC)CSc1nccs1. The Morgan fingerprint density at radius 1 is 1.62 bits per heavy atom. The summed E-state index contributed by atoms with van der Waals surface area (Å²) in [7, 11) is 0. The van der Waals surface area contributed by atoms with Crippen molar-refractivity contribution in [2.24, 2.45) is 0 Å². The maximum absolute atomic E-state index is 4.24. The van der Waals surface area contributed by atoms with E-state index < -0.39 is 0 Å². The fourth-order valence-electron chi connectivity index (χ4n) is 1.06. The molecule has 1 unspecified atom stereocenters. The molecule has 1 N–H and O–H groups in total. The third kappa shape index (κ3) is 4.11. The summed E-state index contributed by atoms with van der Waals surface area (Å²) in [6.45, 7) is 5.42. The van der Waals surface area contributed by atoms with E-state index in [0.717, 1.165) is 12.3 Å². The Hall–Kier alpha value is -0.0600. The summed E-state index contributed by atoms with van der Waals surface area (Å²) in [4.78, 5) is 4.24. The molecule has 0 aliphatic carbocycles. The predicted molar refractivity (Wildman–Crippen MR) is 60.6 cm³/mol. The van der Waals surface area contributed by atoms with Gasteiger partial charge in [0.25, 0.3) is 0 Å². The van der Waals surface area contributed by atoms with Crippen LogP contribution in [0.4, 0.5) is 0 Å². The molecule has 74 valence electrons. The molecule has 2 nitrogen and oxygen atoms in total. The molecule has 0 saturated heterocycles. The van der Waals surface area contributed by atoms with Gasteiger partial charge in [0, 0.05) is 23.4 Å². The van der Waals surface area contributed by atoms with E-state index in [4.69, 9.17) is 0 Å². The summed E-state index contributed by atoms with van der Waals surface area (Å²) in [5, 5.41) is 5.48. The second kappa shape index (κ2) is 6.40. The molecule has 1 rings (SSSR count). The van der Waals surface area contributed by atoms with E-state index in [2.05, 4.69) is 24.1 Å². The minimum atomic E-state index is 0.624. The van der Waals surface area contributed by atoms with Gasteiger partial charge in [-0.2, -0.15) is 0 Å². The lowest BCUT2D eigenvalue weighted by Crippen LogP contribution is -2.30. The average molecular weight is 216 g/mol. The van der Waals surface area contributed by atoms with Crippen LogP contribution in [-0.2, 0) is 0 Å². The molecule has 1 aromatic rings. The van der Waals surface area contributed by atoms with E-state index >= 15 is 0 Å². The van der Waals surface area contributed by atoms with Gasteiger partial charge in [0.1, 0.15) is 4.34 Å². The molecule has 0 aliphatic heterocycles. The van der Waals surface area contributed by atoms with Gasteiger partial charge in [-0.25, -0.2) is 4.98 Å². The summed E-state index contributed by atoms with van der Waals surface area (Å²) in [6, 6.07) is 0.624. The molecular weight excluding hydrogens is 200 g/mol. The first kappa shape index (κ1) is 11.0. The number of thiazole rings is 1. The minimum Gasteiger partial charge on any atom is -0.313 e. The number of aromatic nitrogens is 1. The summed E-state index contributed by atoms with van der Waals surface area (Å²) < 4.78 is 1.18. The molecule has 0 aliphatic rings. The lowest BCUT2D eigenvalue weighted by molar-refractivity contribution is 0.560. The Bertz CT molecular complexity index is 211. The largest absolute Gasteiger partial charge is 0.313 e. The maximum Gasteiger partial charge on any atom is 0.149 e. The van der Waals surface area contributed by atoms with Gasteiger partial charge in [0.15, 0.2) is 0 Å². The first-order valence-electron chi connectivity index (χ1n) is 4.62. The van der Waals surface area contributed by atoms with Crippen LogP contribution in [0.15, 0.2) is 15.9 Å². The third-order valence-electron chi connectivity index (χ3n) is 1.80. The Morgan fingerprint density at radius 3 is 3.00 bits per heavy atom. The number of hydrogen-bond donors (Lipinski definition) is 1. The Morgan fingerprint density at radius 2 is 2.46 bits per heavy atom. The van der Waals surface area contributed by atoms with Crippen molar-refractivity contribution in [3.8, 4) is 0 Å². The van der Waals surface area contributed by atoms with Gasteiger partial charge in [-0.3, -0.25) is 0 Å². The first-order chi connectivity index (χ1) is 6.36. The molecule has 0 fully saturated rings. The summed E-state index contributed by atoms with van der Waals surface area (Å²) in [5.41, 5.74) is 0. The molecule has 0 spiro atoms. The van der Waals surface area contributed by atoms with Crippen molar-refractivity contribution in [1.29, 1.82) is 0 Å². The van der Waals surface area contributed by atoms with Crippen LogP contribution in [0.25, 0.3) is 0 Å². The van der Waals surface area contributed by atoms with Gasteiger partial charge < -0.3 is 5.32 Å². The summed E-state index contributed by atoms with van der Waals surface area (Å²) >= 11 is 3.56. The monoisotopic (exact) mass is 216 g/mol. The van der Waals surface area contributed by atoms with Gasteiger partial charge >= 0.3 is 0 Å². The van der Waals surface area contributed by atoms with E-state index in [1.165, 1.54) is 10.8 Å². The zero-order valence-electron chi connectivity index (χ0n) is 8.12. The molecule has 0 bridgehead atoms. The van der Waals surface area contributed by atoms with Crippen LogP contribution < -0.4 is 5.32 Å². The molecular formula is C9H16N2S2. The highest BCUT2D eigenvalue weighted by Gasteiger charge is 2.05. The van der Waals surface area contributed by atoms with E-state index in [0.29, 0.717) is 6.04 Å². The number of hydrogen-bond acceptors (Lipinski definition) is 4. The van der Waals surface area contributed by atoms with Gasteiger partial charge in [0.05, 0.1) is 0 Å². The van der Waals surface area contributed by atoms with Crippen molar-refractivity contribution in [3.63, 3.8) is 0 Å². The Labute approximate surface area is 88.2 Å². The third-order valence-corrected chi connectivity index (χ3v) is 3.93. The van der Waals surface area contributed by atoms with Crippen molar-refractivity contribution >= 4 is 23.1 Å². The number of rotatable bonds is 6. The second-order valence-electron chi connectivity index (χ2n) is 2.77. The zero-order chi connectivity index (χ0) is 9.52. The van der Waals surface area contributed by atoms with Crippen LogP contribution in [-0.4, -0.2) is 23.3 Å². The Kier molecular flexibility index (Phi) is 5.43. The van der Waals surface area contributed by atoms with Crippen molar-refractivity contribution in [3.05, 3.63) is 11.6 Å². The molecule has 4 heteroatoms. The number of nitrogens with zero attached hydrogens (tertiary/aromatic N) is 1.